The molecule has 18 heavy (non-hydrogen) atoms. The second kappa shape index (κ2) is 5.67. The molecule has 1 aliphatic heterocycles. The maximum absolute atomic E-state index is 11.6. The minimum absolute atomic E-state index is 0.249. The number of amides is 3. The molecule has 102 valence electrons. The Balaban J connectivity index is 1.81. The van der Waals surface area contributed by atoms with Crippen molar-refractivity contribution < 1.29 is 9.59 Å². The lowest BCUT2D eigenvalue weighted by Crippen LogP contribution is -2.43. The van der Waals surface area contributed by atoms with E-state index in [-0.39, 0.29) is 18.5 Å². The molecule has 6 heteroatoms. The van der Waals surface area contributed by atoms with Crippen LogP contribution in [0.1, 0.15) is 19.3 Å². The molecule has 4 N–H and O–H groups in total. The Bertz CT molecular complexity index is 334. The standard InChI is InChI=1S/C12H22N4O2/c1-14-12(18)15-11(17)7-16-5-8-3-2-4-10(13)9(8)6-16/h8-10H,2-7,13H2,1H3,(H2,14,15,17,18). The summed E-state index contributed by atoms with van der Waals surface area (Å²) in [6.45, 7) is 2.10. The van der Waals surface area contributed by atoms with Crippen molar-refractivity contribution in [3.05, 3.63) is 0 Å². The molecule has 1 aliphatic carbocycles. The highest BCUT2D eigenvalue weighted by atomic mass is 16.2. The quantitative estimate of drug-likeness (QED) is 0.620. The summed E-state index contributed by atoms with van der Waals surface area (Å²) < 4.78 is 0. The Morgan fingerprint density at radius 2 is 2.11 bits per heavy atom. The molecule has 1 heterocycles. The van der Waals surface area contributed by atoms with Gasteiger partial charge in [-0.1, -0.05) is 6.42 Å². The minimum Gasteiger partial charge on any atom is -0.341 e. The molecular formula is C12H22N4O2. The summed E-state index contributed by atoms with van der Waals surface area (Å²) in [5, 5.41) is 4.66. The smallest absolute Gasteiger partial charge is 0.321 e. The maximum atomic E-state index is 11.6. The molecule has 0 spiro atoms. The number of nitrogens with two attached hydrogens (primary N) is 1. The first-order valence-electron chi connectivity index (χ1n) is 6.59. The zero-order valence-electron chi connectivity index (χ0n) is 10.8. The van der Waals surface area contributed by atoms with Gasteiger partial charge in [0.1, 0.15) is 0 Å². The van der Waals surface area contributed by atoms with Crippen LogP contribution in [0, 0.1) is 11.8 Å². The van der Waals surface area contributed by atoms with Gasteiger partial charge >= 0.3 is 6.03 Å². The number of likely N-dealkylation sites (tertiary alicyclic amines) is 1. The number of hydrogen-bond donors (Lipinski definition) is 3. The molecule has 1 saturated heterocycles. The fourth-order valence-electron chi connectivity index (χ4n) is 3.17. The highest BCUT2D eigenvalue weighted by Crippen LogP contribution is 2.35. The van der Waals surface area contributed by atoms with E-state index < -0.39 is 6.03 Å². The van der Waals surface area contributed by atoms with Crippen molar-refractivity contribution in [1.29, 1.82) is 0 Å². The number of nitrogens with zero attached hydrogens (tertiary/aromatic N) is 1. The fraction of sp³-hybridized carbons (Fsp3) is 0.833. The van der Waals surface area contributed by atoms with Gasteiger partial charge in [0.2, 0.25) is 5.91 Å². The SMILES string of the molecule is CNC(=O)NC(=O)CN1CC2CCCC(N)C2C1. The van der Waals surface area contributed by atoms with E-state index in [1.54, 1.807) is 0 Å². The summed E-state index contributed by atoms with van der Waals surface area (Å²) in [4.78, 5) is 24.7. The molecule has 6 nitrogen and oxygen atoms in total. The lowest BCUT2D eigenvalue weighted by molar-refractivity contribution is -0.121. The number of carbonyl (C=O) groups excluding carboxylic acids is 2. The molecule has 3 amide bonds. The van der Waals surface area contributed by atoms with E-state index in [9.17, 15) is 9.59 Å². The van der Waals surface area contributed by atoms with Gasteiger partial charge < -0.3 is 11.1 Å². The Morgan fingerprint density at radius 1 is 1.33 bits per heavy atom. The van der Waals surface area contributed by atoms with Crippen molar-refractivity contribution in [1.82, 2.24) is 15.5 Å². The lowest BCUT2D eigenvalue weighted by Gasteiger charge is -2.29. The average Bonchev–Trinajstić information content (AvgIpc) is 2.72. The number of fused-ring (bicyclic) bond motifs is 1. The van der Waals surface area contributed by atoms with Crippen LogP contribution in [0.4, 0.5) is 4.79 Å². The van der Waals surface area contributed by atoms with Crippen molar-refractivity contribution in [2.75, 3.05) is 26.7 Å². The maximum Gasteiger partial charge on any atom is 0.321 e. The number of carbonyl (C=O) groups is 2. The van der Waals surface area contributed by atoms with Crippen LogP contribution in [0.15, 0.2) is 0 Å². The highest BCUT2D eigenvalue weighted by molar-refractivity contribution is 5.95. The Kier molecular flexibility index (Phi) is 4.19. The van der Waals surface area contributed by atoms with Gasteiger partial charge in [0.25, 0.3) is 0 Å². The van der Waals surface area contributed by atoms with Gasteiger partial charge in [0.05, 0.1) is 6.54 Å². The topological polar surface area (TPSA) is 87.5 Å². The summed E-state index contributed by atoms with van der Waals surface area (Å²) in [6.07, 6.45) is 3.51. The molecule has 0 aromatic rings. The van der Waals surface area contributed by atoms with Gasteiger partial charge in [-0.25, -0.2) is 4.79 Å². The molecule has 0 aromatic carbocycles. The summed E-state index contributed by atoms with van der Waals surface area (Å²) in [6, 6.07) is -0.177. The van der Waals surface area contributed by atoms with Crippen molar-refractivity contribution in [3.63, 3.8) is 0 Å². The minimum atomic E-state index is -0.451. The van der Waals surface area contributed by atoms with E-state index in [1.165, 1.54) is 19.9 Å². The second-order valence-corrected chi connectivity index (χ2v) is 5.34. The van der Waals surface area contributed by atoms with Crippen LogP contribution in [0.25, 0.3) is 0 Å². The average molecular weight is 254 g/mol. The predicted octanol–water partition coefficient (Wildman–Crippen LogP) is -0.499. The van der Waals surface area contributed by atoms with Crippen molar-refractivity contribution in [3.8, 4) is 0 Å². The van der Waals surface area contributed by atoms with E-state index in [2.05, 4.69) is 15.5 Å². The van der Waals surface area contributed by atoms with Crippen LogP contribution >= 0.6 is 0 Å². The largest absolute Gasteiger partial charge is 0.341 e. The summed E-state index contributed by atoms with van der Waals surface area (Å²) in [5.74, 6) is 0.898. The van der Waals surface area contributed by atoms with E-state index in [0.29, 0.717) is 11.8 Å². The van der Waals surface area contributed by atoms with Crippen LogP contribution in [-0.2, 0) is 4.79 Å². The molecule has 1 saturated carbocycles. The number of imide groups is 1. The first-order valence-corrected chi connectivity index (χ1v) is 6.59. The van der Waals surface area contributed by atoms with E-state index in [1.807, 2.05) is 0 Å². The van der Waals surface area contributed by atoms with E-state index >= 15 is 0 Å². The molecule has 0 aromatic heterocycles. The van der Waals surface area contributed by atoms with Crippen molar-refractivity contribution >= 4 is 11.9 Å². The fourth-order valence-corrected chi connectivity index (χ4v) is 3.17. The molecule has 0 bridgehead atoms. The zero-order chi connectivity index (χ0) is 13.1. The number of hydrogen-bond acceptors (Lipinski definition) is 4. The third-order valence-corrected chi connectivity index (χ3v) is 4.08. The Labute approximate surface area is 107 Å². The highest BCUT2D eigenvalue weighted by Gasteiger charge is 2.39. The third-order valence-electron chi connectivity index (χ3n) is 4.08. The molecular weight excluding hydrogens is 232 g/mol. The first kappa shape index (κ1) is 13.3. The van der Waals surface area contributed by atoms with Crippen LogP contribution in [0.3, 0.4) is 0 Å². The van der Waals surface area contributed by atoms with Gasteiger partial charge in [-0.3, -0.25) is 15.0 Å². The van der Waals surface area contributed by atoms with E-state index in [0.717, 1.165) is 19.5 Å². The molecule has 3 atom stereocenters. The Morgan fingerprint density at radius 3 is 2.78 bits per heavy atom. The molecule has 2 aliphatic rings. The predicted molar refractivity (Wildman–Crippen MR) is 67.8 cm³/mol. The van der Waals surface area contributed by atoms with Crippen LogP contribution in [0.5, 0.6) is 0 Å². The summed E-state index contributed by atoms with van der Waals surface area (Å²) >= 11 is 0. The molecule has 3 unspecified atom stereocenters. The van der Waals surface area contributed by atoms with Crippen LogP contribution < -0.4 is 16.4 Å². The van der Waals surface area contributed by atoms with Gasteiger partial charge in [-0.2, -0.15) is 0 Å². The van der Waals surface area contributed by atoms with Gasteiger partial charge in [-0.15, -0.1) is 0 Å². The molecule has 2 fully saturated rings. The van der Waals surface area contributed by atoms with E-state index in [4.69, 9.17) is 5.73 Å². The van der Waals surface area contributed by atoms with Crippen molar-refractivity contribution in [2.45, 2.75) is 25.3 Å². The number of urea groups is 1. The van der Waals surface area contributed by atoms with Crippen molar-refractivity contribution in [2.24, 2.45) is 17.6 Å². The second-order valence-electron chi connectivity index (χ2n) is 5.34. The van der Waals surface area contributed by atoms with Crippen LogP contribution in [0.2, 0.25) is 0 Å². The first-order chi connectivity index (χ1) is 8.60. The molecule has 0 radical (unpaired) electrons. The number of nitrogens with one attached hydrogen (secondary N) is 2. The lowest BCUT2D eigenvalue weighted by atomic mass is 9.78. The Hall–Kier alpha value is -1.14. The summed E-state index contributed by atoms with van der Waals surface area (Å²) in [5.41, 5.74) is 6.12. The third kappa shape index (κ3) is 3.00. The van der Waals surface area contributed by atoms with Gasteiger partial charge in [0, 0.05) is 26.2 Å². The van der Waals surface area contributed by atoms with Gasteiger partial charge in [0.15, 0.2) is 0 Å². The zero-order valence-corrected chi connectivity index (χ0v) is 10.8. The summed E-state index contributed by atoms with van der Waals surface area (Å²) in [7, 11) is 1.49. The molecule has 2 rings (SSSR count). The van der Waals surface area contributed by atoms with Gasteiger partial charge in [-0.05, 0) is 24.7 Å². The van der Waals surface area contributed by atoms with Crippen LogP contribution in [-0.4, -0.2) is 49.6 Å². The number of rotatable bonds is 2. The normalized spacial score (nSPS) is 31.8. The monoisotopic (exact) mass is 254 g/mol.